The van der Waals surface area contributed by atoms with Crippen molar-refractivity contribution < 1.29 is 0 Å². The quantitative estimate of drug-likeness (QED) is 0.654. The average molecular weight is 290 g/mol. The lowest BCUT2D eigenvalue weighted by Gasteiger charge is -2.55. The molecular weight excluding hydrogens is 264 g/mol. The van der Waals surface area contributed by atoms with Gasteiger partial charge in [-0.25, -0.2) is 0 Å². The van der Waals surface area contributed by atoms with E-state index in [2.05, 4.69) is 60.7 Å². The van der Waals surface area contributed by atoms with Gasteiger partial charge in [0.15, 0.2) is 0 Å². The summed E-state index contributed by atoms with van der Waals surface area (Å²) in [5, 5.41) is 0. The molecule has 0 radical (unpaired) electrons. The van der Waals surface area contributed by atoms with Gasteiger partial charge in [-0.1, -0.05) is 92.8 Å². The first kappa shape index (κ1) is 14.1. The van der Waals surface area contributed by atoms with Gasteiger partial charge < -0.3 is 0 Å². The molecule has 2 aliphatic rings. The lowest BCUT2D eigenvalue weighted by Crippen LogP contribution is -2.49. The number of hydrogen-bond acceptors (Lipinski definition) is 0. The van der Waals surface area contributed by atoms with Gasteiger partial charge in [-0.3, -0.25) is 0 Å². The molecule has 0 nitrogen and oxygen atoms in total. The molecule has 114 valence electrons. The average Bonchev–Trinajstić information content (AvgIpc) is 2.57. The molecule has 1 atom stereocenters. The van der Waals surface area contributed by atoms with Crippen molar-refractivity contribution >= 4 is 0 Å². The van der Waals surface area contributed by atoms with Gasteiger partial charge >= 0.3 is 0 Å². The SMILES string of the molecule is c1ccc(C2(c3ccccc3)CCC2C2CCCCC2)cc1. The van der Waals surface area contributed by atoms with E-state index >= 15 is 0 Å². The summed E-state index contributed by atoms with van der Waals surface area (Å²) in [6.45, 7) is 0. The Morgan fingerprint density at radius 3 is 1.64 bits per heavy atom. The molecule has 2 fully saturated rings. The molecule has 1 unspecified atom stereocenters. The monoisotopic (exact) mass is 290 g/mol. The van der Waals surface area contributed by atoms with E-state index in [1.165, 1.54) is 44.9 Å². The van der Waals surface area contributed by atoms with E-state index in [-0.39, 0.29) is 5.41 Å². The van der Waals surface area contributed by atoms with E-state index in [1.54, 1.807) is 11.1 Å². The first-order valence-electron chi connectivity index (χ1n) is 9.02. The molecule has 0 N–H and O–H groups in total. The van der Waals surface area contributed by atoms with Crippen LogP contribution in [0.5, 0.6) is 0 Å². The molecule has 0 aliphatic heterocycles. The minimum absolute atomic E-state index is 0.282. The van der Waals surface area contributed by atoms with Crippen LogP contribution in [0.1, 0.15) is 56.1 Å². The van der Waals surface area contributed by atoms with Gasteiger partial charge in [0.05, 0.1) is 0 Å². The van der Waals surface area contributed by atoms with Crippen molar-refractivity contribution in [2.24, 2.45) is 11.8 Å². The van der Waals surface area contributed by atoms with Crippen LogP contribution in [0, 0.1) is 11.8 Å². The Morgan fingerprint density at radius 1 is 0.636 bits per heavy atom. The predicted molar refractivity (Wildman–Crippen MR) is 93.0 cm³/mol. The molecule has 22 heavy (non-hydrogen) atoms. The van der Waals surface area contributed by atoms with Crippen molar-refractivity contribution in [3.05, 3.63) is 71.8 Å². The van der Waals surface area contributed by atoms with Gasteiger partial charge in [0, 0.05) is 5.41 Å². The van der Waals surface area contributed by atoms with Crippen LogP contribution in [0.2, 0.25) is 0 Å². The summed E-state index contributed by atoms with van der Waals surface area (Å²) in [6, 6.07) is 22.6. The van der Waals surface area contributed by atoms with E-state index in [4.69, 9.17) is 0 Å². The summed E-state index contributed by atoms with van der Waals surface area (Å²) in [4.78, 5) is 0. The van der Waals surface area contributed by atoms with Crippen molar-refractivity contribution in [2.75, 3.05) is 0 Å². The predicted octanol–water partition coefficient (Wildman–Crippen LogP) is 5.96. The van der Waals surface area contributed by atoms with Crippen LogP contribution in [0.25, 0.3) is 0 Å². The van der Waals surface area contributed by atoms with Gasteiger partial charge in [-0.05, 0) is 35.8 Å². The highest BCUT2D eigenvalue weighted by atomic mass is 14.5. The third-order valence-electron chi connectivity index (χ3n) is 6.28. The lowest BCUT2D eigenvalue weighted by molar-refractivity contribution is 0.0710. The number of hydrogen-bond donors (Lipinski definition) is 0. The maximum atomic E-state index is 2.36. The van der Waals surface area contributed by atoms with Gasteiger partial charge in [0.2, 0.25) is 0 Å². The van der Waals surface area contributed by atoms with Crippen molar-refractivity contribution in [1.29, 1.82) is 0 Å². The molecule has 0 bridgehead atoms. The highest BCUT2D eigenvalue weighted by Gasteiger charge is 2.51. The van der Waals surface area contributed by atoms with E-state index in [0.717, 1.165) is 11.8 Å². The molecule has 0 heteroatoms. The molecule has 0 saturated heterocycles. The third-order valence-corrected chi connectivity index (χ3v) is 6.28. The summed E-state index contributed by atoms with van der Waals surface area (Å²) in [7, 11) is 0. The molecular formula is C22H26. The largest absolute Gasteiger partial charge is 0.0622 e. The minimum atomic E-state index is 0.282. The van der Waals surface area contributed by atoms with E-state index < -0.39 is 0 Å². The van der Waals surface area contributed by atoms with Gasteiger partial charge in [-0.15, -0.1) is 0 Å². The van der Waals surface area contributed by atoms with E-state index in [1.807, 2.05) is 0 Å². The smallest absolute Gasteiger partial charge is 0.0233 e. The summed E-state index contributed by atoms with van der Waals surface area (Å²) in [6.07, 6.45) is 9.98. The minimum Gasteiger partial charge on any atom is -0.0622 e. The second kappa shape index (κ2) is 5.91. The topological polar surface area (TPSA) is 0 Å². The van der Waals surface area contributed by atoms with E-state index in [9.17, 15) is 0 Å². The Hall–Kier alpha value is -1.56. The second-order valence-electron chi connectivity index (χ2n) is 7.25. The maximum absolute atomic E-state index is 2.36. The Kier molecular flexibility index (Phi) is 3.78. The Bertz CT molecular complexity index is 553. The standard InChI is InChI=1S/C22H26/c1-4-10-18(11-5-1)21-16-17-22(21,19-12-6-2-7-13-19)20-14-8-3-9-15-20/h2-3,6-9,12-15,18,21H,1,4-5,10-11,16-17H2. The summed E-state index contributed by atoms with van der Waals surface area (Å²) < 4.78 is 0. The molecule has 0 amide bonds. The van der Waals surface area contributed by atoms with Crippen LogP contribution in [0.4, 0.5) is 0 Å². The highest BCUT2D eigenvalue weighted by molar-refractivity contribution is 5.43. The summed E-state index contributed by atoms with van der Waals surface area (Å²) in [5.74, 6) is 1.78. The van der Waals surface area contributed by atoms with Crippen LogP contribution >= 0.6 is 0 Å². The Balaban J connectivity index is 1.76. The first-order valence-corrected chi connectivity index (χ1v) is 9.02. The summed E-state index contributed by atoms with van der Waals surface area (Å²) >= 11 is 0. The Morgan fingerprint density at radius 2 is 1.18 bits per heavy atom. The van der Waals surface area contributed by atoms with Gasteiger partial charge in [0.1, 0.15) is 0 Å². The zero-order valence-corrected chi connectivity index (χ0v) is 13.4. The molecule has 0 heterocycles. The fraction of sp³-hybridized carbons (Fsp3) is 0.455. The van der Waals surface area contributed by atoms with Crippen molar-refractivity contribution in [1.82, 2.24) is 0 Å². The first-order chi connectivity index (χ1) is 10.9. The van der Waals surface area contributed by atoms with Crippen molar-refractivity contribution in [3.8, 4) is 0 Å². The zero-order valence-electron chi connectivity index (χ0n) is 13.4. The number of rotatable bonds is 3. The van der Waals surface area contributed by atoms with Crippen molar-refractivity contribution in [2.45, 2.75) is 50.4 Å². The molecule has 0 spiro atoms. The molecule has 2 aromatic rings. The van der Waals surface area contributed by atoms with Gasteiger partial charge in [0.25, 0.3) is 0 Å². The summed E-state index contributed by atoms with van der Waals surface area (Å²) in [5.41, 5.74) is 3.37. The fourth-order valence-corrected chi connectivity index (χ4v) is 5.13. The third kappa shape index (κ3) is 2.20. The van der Waals surface area contributed by atoms with Crippen LogP contribution < -0.4 is 0 Å². The molecule has 0 aromatic heterocycles. The Labute approximate surface area is 134 Å². The second-order valence-corrected chi connectivity index (χ2v) is 7.25. The van der Waals surface area contributed by atoms with Crippen LogP contribution in [-0.4, -0.2) is 0 Å². The number of benzene rings is 2. The fourth-order valence-electron chi connectivity index (χ4n) is 5.13. The molecule has 2 saturated carbocycles. The van der Waals surface area contributed by atoms with Crippen LogP contribution in [0.3, 0.4) is 0 Å². The maximum Gasteiger partial charge on any atom is 0.0233 e. The normalized spacial score (nSPS) is 24.6. The molecule has 2 aliphatic carbocycles. The molecule has 4 rings (SSSR count). The highest BCUT2D eigenvalue weighted by Crippen LogP contribution is 2.58. The van der Waals surface area contributed by atoms with Crippen LogP contribution in [-0.2, 0) is 5.41 Å². The molecule has 2 aromatic carbocycles. The van der Waals surface area contributed by atoms with Gasteiger partial charge in [-0.2, -0.15) is 0 Å². The zero-order chi connectivity index (χ0) is 14.8. The van der Waals surface area contributed by atoms with E-state index in [0.29, 0.717) is 0 Å². The lowest BCUT2D eigenvalue weighted by atomic mass is 9.49. The van der Waals surface area contributed by atoms with Crippen LogP contribution in [0.15, 0.2) is 60.7 Å². The van der Waals surface area contributed by atoms with Crippen molar-refractivity contribution in [3.63, 3.8) is 0 Å².